The van der Waals surface area contributed by atoms with Crippen molar-refractivity contribution in [2.24, 2.45) is 5.92 Å². The monoisotopic (exact) mass is 249 g/mol. The van der Waals surface area contributed by atoms with E-state index in [9.17, 15) is 0 Å². The highest BCUT2D eigenvalue weighted by Crippen LogP contribution is 2.32. The SMILES string of the molecule is C1CNCCC(Cc2nc(C3CCCC3)no2)C1. The molecule has 1 aromatic rings. The Morgan fingerprint density at radius 3 is 2.83 bits per heavy atom. The lowest BCUT2D eigenvalue weighted by atomic mass is 9.97. The predicted octanol–water partition coefficient (Wildman–Crippen LogP) is 2.66. The summed E-state index contributed by atoms with van der Waals surface area (Å²) < 4.78 is 5.44. The van der Waals surface area contributed by atoms with Gasteiger partial charge in [0.05, 0.1) is 0 Å². The van der Waals surface area contributed by atoms with Gasteiger partial charge in [-0.05, 0) is 51.1 Å². The normalized spacial score (nSPS) is 26.3. The van der Waals surface area contributed by atoms with Crippen molar-refractivity contribution in [3.05, 3.63) is 11.7 Å². The first-order valence-electron chi connectivity index (χ1n) is 7.45. The molecule has 1 saturated heterocycles. The molecule has 2 fully saturated rings. The van der Waals surface area contributed by atoms with Gasteiger partial charge in [-0.1, -0.05) is 18.0 Å². The lowest BCUT2D eigenvalue weighted by Crippen LogP contribution is -2.14. The van der Waals surface area contributed by atoms with Gasteiger partial charge in [-0.2, -0.15) is 4.98 Å². The van der Waals surface area contributed by atoms with Crippen LogP contribution in [-0.4, -0.2) is 23.2 Å². The minimum atomic E-state index is 0.568. The van der Waals surface area contributed by atoms with E-state index >= 15 is 0 Å². The van der Waals surface area contributed by atoms with Crippen LogP contribution < -0.4 is 5.32 Å². The maximum absolute atomic E-state index is 5.44. The van der Waals surface area contributed by atoms with Crippen molar-refractivity contribution in [3.63, 3.8) is 0 Å². The Labute approximate surface area is 109 Å². The van der Waals surface area contributed by atoms with Crippen LogP contribution in [0.2, 0.25) is 0 Å². The van der Waals surface area contributed by atoms with Crippen LogP contribution in [0.4, 0.5) is 0 Å². The molecule has 2 aliphatic rings. The summed E-state index contributed by atoms with van der Waals surface area (Å²) in [7, 11) is 0. The van der Waals surface area contributed by atoms with E-state index in [-0.39, 0.29) is 0 Å². The fraction of sp³-hybridized carbons (Fsp3) is 0.857. The number of rotatable bonds is 3. The highest BCUT2D eigenvalue weighted by Gasteiger charge is 2.23. The minimum Gasteiger partial charge on any atom is -0.339 e. The van der Waals surface area contributed by atoms with Gasteiger partial charge in [-0.25, -0.2) is 0 Å². The molecule has 1 saturated carbocycles. The third kappa shape index (κ3) is 2.91. The number of hydrogen-bond acceptors (Lipinski definition) is 4. The molecule has 0 radical (unpaired) electrons. The third-order valence-electron chi connectivity index (χ3n) is 4.36. The molecule has 2 heterocycles. The maximum atomic E-state index is 5.44. The summed E-state index contributed by atoms with van der Waals surface area (Å²) in [5.74, 6) is 3.12. The topological polar surface area (TPSA) is 51.0 Å². The van der Waals surface area contributed by atoms with Gasteiger partial charge >= 0.3 is 0 Å². The molecule has 4 nitrogen and oxygen atoms in total. The molecule has 3 rings (SSSR count). The van der Waals surface area contributed by atoms with Gasteiger partial charge in [-0.15, -0.1) is 0 Å². The van der Waals surface area contributed by atoms with Crippen molar-refractivity contribution in [2.45, 2.75) is 57.3 Å². The summed E-state index contributed by atoms with van der Waals surface area (Å²) in [6, 6.07) is 0. The molecule has 1 unspecified atom stereocenters. The second kappa shape index (κ2) is 5.83. The van der Waals surface area contributed by atoms with Gasteiger partial charge in [-0.3, -0.25) is 0 Å². The molecule has 1 N–H and O–H groups in total. The quantitative estimate of drug-likeness (QED) is 0.894. The second-order valence-corrected chi connectivity index (χ2v) is 5.78. The van der Waals surface area contributed by atoms with E-state index in [2.05, 4.69) is 15.5 Å². The molecule has 1 aliphatic carbocycles. The lowest BCUT2D eigenvalue weighted by molar-refractivity contribution is 0.337. The average molecular weight is 249 g/mol. The minimum absolute atomic E-state index is 0.568. The lowest BCUT2D eigenvalue weighted by Gasteiger charge is -2.09. The van der Waals surface area contributed by atoms with E-state index in [0.29, 0.717) is 5.92 Å². The summed E-state index contributed by atoms with van der Waals surface area (Å²) >= 11 is 0. The molecular formula is C14H23N3O. The van der Waals surface area contributed by atoms with Gasteiger partial charge < -0.3 is 9.84 Å². The van der Waals surface area contributed by atoms with Gasteiger partial charge in [0.1, 0.15) is 0 Å². The molecule has 0 aromatic carbocycles. The Bertz CT molecular complexity index is 363. The summed E-state index contributed by atoms with van der Waals surface area (Å²) in [5.41, 5.74) is 0. The van der Waals surface area contributed by atoms with E-state index < -0.39 is 0 Å². The van der Waals surface area contributed by atoms with E-state index in [1.807, 2.05) is 0 Å². The molecule has 18 heavy (non-hydrogen) atoms. The fourth-order valence-corrected chi connectivity index (χ4v) is 3.24. The van der Waals surface area contributed by atoms with Crippen LogP contribution in [-0.2, 0) is 6.42 Å². The molecular weight excluding hydrogens is 226 g/mol. The summed E-state index contributed by atoms with van der Waals surface area (Å²) in [6.45, 7) is 2.29. The van der Waals surface area contributed by atoms with Crippen LogP contribution in [0.5, 0.6) is 0 Å². The Morgan fingerprint density at radius 2 is 1.94 bits per heavy atom. The molecule has 0 amide bonds. The first kappa shape index (κ1) is 12.2. The van der Waals surface area contributed by atoms with Crippen LogP contribution in [0, 0.1) is 5.92 Å². The van der Waals surface area contributed by atoms with Crippen LogP contribution in [0.1, 0.15) is 62.6 Å². The van der Waals surface area contributed by atoms with Gasteiger partial charge in [0.25, 0.3) is 0 Å². The van der Waals surface area contributed by atoms with Crippen LogP contribution >= 0.6 is 0 Å². The van der Waals surface area contributed by atoms with E-state index in [0.717, 1.165) is 37.1 Å². The second-order valence-electron chi connectivity index (χ2n) is 5.78. The summed E-state index contributed by atoms with van der Waals surface area (Å²) in [5, 5.41) is 7.63. The Morgan fingerprint density at radius 1 is 1.06 bits per heavy atom. The van der Waals surface area contributed by atoms with Crippen molar-refractivity contribution in [1.82, 2.24) is 15.5 Å². The Balaban J connectivity index is 1.58. The number of hydrogen-bond donors (Lipinski definition) is 1. The highest BCUT2D eigenvalue weighted by atomic mass is 16.5. The molecule has 0 bridgehead atoms. The zero-order chi connectivity index (χ0) is 12.2. The number of nitrogens with one attached hydrogen (secondary N) is 1. The summed E-state index contributed by atoms with van der Waals surface area (Å²) in [6.07, 6.45) is 9.90. The van der Waals surface area contributed by atoms with E-state index in [1.165, 1.54) is 44.9 Å². The molecule has 4 heteroatoms. The average Bonchev–Trinajstić information content (AvgIpc) is 2.98. The predicted molar refractivity (Wildman–Crippen MR) is 69.4 cm³/mol. The molecule has 1 atom stereocenters. The fourth-order valence-electron chi connectivity index (χ4n) is 3.24. The van der Waals surface area contributed by atoms with Crippen molar-refractivity contribution in [3.8, 4) is 0 Å². The van der Waals surface area contributed by atoms with Crippen LogP contribution in [0.3, 0.4) is 0 Å². The first-order valence-corrected chi connectivity index (χ1v) is 7.45. The molecule has 1 aromatic heterocycles. The molecule has 100 valence electrons. The zero-order valence-electron chi connectivity index (χ0n) is 11.0. The largest absolute Gasteiger partial charge is 0.339 e. The van der Waals surface area contributed by atoms with Crippen molar-refractivity contribution >= 4 is 0 Å². The smallest absolute Gasteiger partial charge is 0.226 e. The van der Waals surface area contributed by atoms with Gasteiger partial charge in [0, 0.05) is 12.3 Å². The number of nitrogens with zero attached hydrogens (tertiary/aromatic N) is 2. The molecule has 0 spiro atoms. The molecule has 1 aliphatic heterocycles. The van der Waals surface area contributed by atoms with Gasteiger partial charge in [0.15, 0.2) is 5.82 Å². The van der Waals surface area contributed by atoms with Crippen molar-refractivity contribution in [2.75, 3.05) is 13.1 Å². The van der Waals surface area contributed by atoms with Crippen LogP contribution in [0.15, 0.2) is 4.52 Å². The Kier molecular flexibility index (Phi) is 3.93. The summed E-state index contributed by atoms with van der Waals surface area (Å²) in [4.78, 5) is 4.62. The van der Waals surface area contributed by atoms with Crippen molar-refractivity contribution in [1.29, 1.82) is 0 Å². The maximum Gasteiger partial charge on any atom is 0.226 e. The number of aromatic nitrogens is 2. The standard InChI is InChI=1S/C14H23N3O/c1-2-6-12(5-1)14-16-13(18-17-14)10-11-4-3-8-15-9-7-11/h11-12,15H,1-10H2. The van der Waals surface area contributed by atoms with E-state index in [4.69, 9.17) is 4.52 Å². The van der Waals surface area contributed by atoms with Gasteiger partial charge in [0.2, 0.25) is 5.89 Å². The van der Waals surface area contributed by atoms with Crippen LogP contribution in [0.25, 0.3) is 0 Å². The Hall–Kier alpha value is -0.900. The van der Waals surface area contributed by atoms with E-state index in [1.54, 1.807) is 0 Å². The third-order valence-corrected chi connectivity index (χ3v) is 4.36. The zero-order valence-corrected chi connectivity index (χ0v) is 11.0. The first-order chi connectivity index (χ1) is 8.92. The highest BCUT2D eigenvalue weighted by molar-refractivity contribution is 4.98. The van der Waals surface area contributed by atoms with Crippen molar-refractivity contribution < 1.29 is 4.52 Å².